The monoisotopic (exact) mass is 480 g/mol. The number of likely N-dealkylation sites (tertiary alicyclic amines) is 1. The third-order valence-corrected chi connectivity index (χ3v) is 6.65. The Morgan fingerprint density at radius 2 is 1.60 bits per heavy atom. The van der Waals surface area contributed by atoms with Gasteiger partial charge in [-0.3, -0.25) is 23.5 Å². The van der Waals surface area contributed by atoms with Crippen LogP contribution in [0.25, 0.3) is 10.9 Å². The van der Waals surface area contributed by atoms with Crippen LogP contribution in [0.4, 0.5) is 4.39 Å². The van der Waals surface area contributed by atoms with E-state index in [1.54, 1.807) is 38.4 Å². The smallest absolute Gasteiger partial charge is 0.331 e. The third-order valence-electron chi connectivity index (χ3n) is 6.65. The predicted octanol–water partition coefficient (Wildman–Crippen LogP) is 1.99. The van der Waals surface area contributed by atoms with Crippen molar-refractivity contribution in [3.63, 3.8) is 0 Å². The van der Waals surface area contributed by atoms with Crippen LogP contribution in [0.1, 0.15) is 23.2 Å². The van der Waals surface area contributed by atoms with E-state index in [2.05, 4.69) is 4.90 Å². The fraction of sp³-hybridized carbons (Fsp3) is 0.385. The molecule has 1 aromatic heterocycles. The topological polar surface area (TPSA) is 84.6 Å². The zero-order valence-corrected chi connectivity index (χ0v) is 19.9. The zero-order valence-electron chi connectivity index (χ0n) is 19.9. The molecule has 9 heteroatoms. The molecule has 8 nitrogen and oxygen atoms in total. The van der Waals surface area contributed by atoms with E-state index < -0.39 is 5.69 Å². The molecule has 1 amide bonds. The first kappa shape index (κ1) is 24.5. The summed E-state index contributed by atoms with van der Waals surface area (Å²) in [5.41, 5.74) is 0.0697. The SMILES string of the molecule is CN(C)C(=O)Cn1c(=O)n(CCN2CCC(C(=O)c3ccc(F)cc3)CC2)c(=O)c2ccccc21. The molecular weight excluding hydrogens is 451 g/mol. The lowest BCUT2D eigenvalue weighted by atomic mass is 9.89. The molecule has 1 saturated heterocycles. The molecule has 0 saturated carbocycles. The molecule has 1 fully saturated rings. The number of para-hydroxylation sites is 1. The summed E-state index contributed by atoms with van der Waals surface area (Å²) in [6, 6.07) is 12.4. The molecule has 0 spiro atoms. The van der Waals surface area contributed by atoms with E-state index in [9.17, 15) is 23.6 Å². The Kier molecular flexibility index (Phi) is 7.25. The number of fused-ring (bicyclic) bond motifs is 1. The summed E-state index contributed by atoms with van der Waals surface area (Å²) < 4.78 is 15.7. The van der Waals surface area contributed by atoms with Gasteiger partial charge in [0.1, 0.15) is 12.4 Å². The van der Waals surface area contributed by atoms with Gasteiger partial charge in [-0.15, -0.1) is 0 Å². The number of carbonyl (C=O) groups is 2. The van der Waals surface area contributed by atoms with Gasteiger partial charge in [0.25, 0.3) is 5.56 Å². The van der Waals surface area contributed by atoms with Gasteiger partial charge in [0, 0.05) is 38.7 Å². The van der Waals surface area contributed by atoms with Gasteiger partial charge in [-0.2, -0.15) is 0 Å². The summed E-state index contributed by atoms with van der Waals surface area (Å²) >= 11 is 0. The van der Waals surface area contributed by atoms with Crippen molar-refractivity contribution >= 4 is 22.6 Å². The van der Waals surface area contributed by atoms with E-state index in [-0.39, 0.29) is 42.1 Å². The average molecular weight is 481 g/mol. The number of piperidine rings is 1. The number of nitrogens with zero attached hydrogens (tertiary/aromatic N) is 4. The minimum absolute atomic E-state index is 0.0174. The number of ketones is 1. The van der Waals surface area contributed by atoms with Crippen LogP contribution in [0, 0.1) is 11.7 Å². The number of benzene rings is 2. The number of Topliss-reactive ketones (excluding diaryl/α,β-unsaturated/α-hetero) is 1. The van der Waals surface area contributed by atoms with Crippen LogP contribution in [0.2, 0.25) is 0 Å². The van der Waals surface area contributed by atoms with Crippen molar-refractivity contribution in [1.82, 2.24) is 18.9 Å². The van der Waals surface area contributed by atoms with Gasteiger partial charge in [0.15, 0.2) is 5.78 Å². The van der Waals surface area contributed by atoms with Crippen LogP contribution in [0.5, 0.6) is 0 Å². The second-order valence-electron chi connectivity index (χ2n) is 9.12. The molecule has 0 bridgehead atoms. The molecule has 1 aliphatic heterocycles. The first-order valence-corrected chi connectivity index (χ1v) is 11.7. The molecule has 4 rings (SSSR count). The normalized spacial score (nSPS) is 14.8. The fourth-order valence-corrected chi connectivity index (χ4v) is 4.51. The van der Waals surface area contributed by atoms with E-state index in [1.807, 2.05) is 0 Å². The van der Waals surface area contributed by atoms with E-state index >= 15 is 0 Å². The summed E-state index contributed by atoms with van der Waals surface area (Å²) in [6.07, 6.45) is 1.31. The number of aromatic nitrogens is 2. The number of amides is 1. The second kappa shape index (κ2) is 10.4. The van der Waals surface area contributed by atoms with Crippen molar-refractivity contribution in [2.24, 2.45) is 5.92 Å². The predicted molar refractivity (Wildman–Crippen MR) is 131 cm³/mol. The van der Waals surface area contributed by atoms with Crippen molar-refractivity contribution < 1.29 is 14.0 Å². The van der Waals surface area contributed by atoms with Crippen LogP contribution in [0.3, 0.4) is 0 Å². The maximum absolute atomic E-state index is 13.2. The Morgan fingerprint density at radius 1 is 0.943 bits per heavy atom. The number of likely N-dealkylation sites (N-methyl/N-ethyl adjacent to an activating group) is 1. The number of rotatable bonds is 7. The molecule has 1 aliphatic rings. The van der Waals surface area contributed by atoms with E-state index in [0.29, 0.717) is 48.9 Å². The number of carbonyl (C=O) groups excluding carboxylic acids is 2. The van der Waals surface area contributed by atoms with Crippen molar-refractivity contribution in [3.05, 3.63) is 80.7 Å². The van der Waals surface area contributed by atoms with E-state index in [4.69, 9.17) is 0 Å². The maximum Gasteiger partial charge on any atom is 0.331 e. The first-order valence-electron chi connectivity index (χ1n) is 11.7. The highest BCUT2D eigenvalue weighted by atomic mass is 19.1. The third kappa shape index (κ3) is 5.24. The molecule has 0 unspecified atom stereocenters. The molecule has 0 N–H and O–H groups in total. The van der Waals surface area contributed by atoms with E-state index in [0.717, 1.165) is 0 Å². The van der Waals surface area contributed by atoms with Crippen LogP contribution in [-0.4, -0.2) is 64.4 Å². The Bertz CT molecular complexity index is 1350. The Balaban J connectivity index is 1.47. The minimum Gasteiger partial charge on any atom is -0.347 e. The van der Waals surface area contributed by atoms with Gasteiger partial charge < -0.3 is 9.80 Å². The molecular formula is C26H29FN4O4. The zero-order chi connectivity index (χ0) is 25.1. The van der Waals surface area contributed by atoms with Crippen LogP contribution < -0.4 is 11.2 Å². The van der Waals surface area contributed by atoms with Gasteiger partial charge >= 0.3 is 5.69 Å². The molecule has 2 heterocycles. The highest BCUT2D eigenvalue weighted by Gasteiger charge is 2.26. The molecule has 3 aromatic rings. The van der Waals surface area contributed by atoms with Gasteiger partial charge in [-0.1, -0.05) is 12.1 Å². The van der Waals surface area contributed by atoms with Crippen LogP contribution in [-0.2, 0) is 17.9 Å². The molecule has 2 aromatic carbocycles. The van der Waals surface area contributed by atoms with Crippen LogP contribution in [0.15, 0.2) is 58.1 Å². The van der Waals surface area contributed by atoms with Crippen molar-refractivity contribution in [1.29, 1.82) is 0 Å². The number of hydrogen-bond donors (Lipinski definition) is 0. The Hall–Kier alpha value is -3.59. The average Bonchev–Trinajstić information content (AvgIpc) is 2.86. The van der Waals surface area contributed by atoms with Gasteiger partial charge in [-0.25, -0.2) is 9.18 Å². The lowest BCUT2D eigenvalue weighted by Crippen LogP contribution is -2.45. The van der Waals surface area contributed by atoms with Gasteiger partial charge in [-0.05, 0) is 62.3 Å². The molecule has 184 valence electrons. The summed E-state index contributed by atoms with van der Waals surface area (Å²) in [5.74, 6) is -0.723. The van der Waals surface area contributed by atoms with Crippen molar-refractivity contribution in [2.75, 3.05) is 33.7 Å². The highest BCUT2D eigenvalue weighted by Crippen LogP contribution is 2.22. The quantitative estimate of drug-likeness (QED) is 0.483. The minimum atomic E-state index is -0.509. The summed E-state index contributed by atoms with van der Waals surface area (Å²) in [4.78, 5) is 54.9. The second-order valence-corrected chi connectivity index (χ2v) is 9.12. The fourth-order valence-electron chi connectivity index (χ4n) is 4.51. The largest absolute Gasteiger partial charge is 0.347 e. The van der Waals surface area contributed by atoms with Crippen LogP contribution >= 0.6 is 0 Å². The standard InChI is InChI=1S/C26H29FN4O4/c1-28(2)23(32)17-31-22-6-4-3-5-21(22)25(34)30(26(31)35)16-15-29-13-11-19(12-14-29)24(33)18-7-9-20(27)10-8-18/h3-10,19H,11-17H2,1-2H3. The number of halogens is 1. The molecule has 0 atom stereocenters. The van der Waals surface area contributed by atoms with Gasteiger partial charge in [0.05, 0.1) is 10.9 Å². The molecule has 0 radical (unpaired) electrons. The first-order chi connectivity index (χ1) is 16.8. The Morgan fingerprint density at radius 3 is 2.26 bits per heavy atom. The molecule has 0 aliphatic carbocycles. The summed E-state index contributed by atoms with van der Waals surface area (Å²) in [6.45, 7) is 1.84. The lowest BCUT2D eigenvalue weighted by molar-refractivity contribution is -0.129. The van der Waals surface area contributed by atoms with Crippen molar-refractivity contribution in [2.45, 2.75) is 25.9 Å². The molecule has 35 heavy (non-hydrogen) atoms. The van der Waals surface area contributed by atoms with Gasteiger partial charge in [0.2, 0.25) is 5.91 Å². The summed E-state index contributed by atoms with van der Waals surface area (Å²) in [7, 11) is 3.24. The highest BCUT2D eigenvalue weighted by molar-refractivity contribution is 5.97. The van der Waals surface area contributed by atoms with E-state index in [1.165, 1.54) is 38.3 Å². The number of hydrogen-bond acceptors (Lipinski definition) is 5. The Labute approximate surface area is 202 Å². The summed E-state index contributed by atoms with van der Waals surface area (Å²) in [5, 5.41) is 0.391. The lowest BCUT2D eigenvalue weighted by Gasteiger charge is -2.31. The van der Waals surface area contributed by atoms with Crippen molar-refractivity contribution in [3.8, 4) is 0 Å². The maximum atomic E-state index is 13.2.